The molecule has 13 rings (SSSR count). The molecule has 0 saturated heterocycles. The van der Waals surface area contributed by atoms with E-state index in [-0.39, 0.29) is 0 Å². The van der Waals surface area contributed by atoms with E-state index in [9.17, 15) is 0 Å². The molecule has 59 heavy (non-hydrogen) atoms. The van der Waals surface area contributed by atoms with Gasteiger partial charge in [0.1, 0.15) is 0 Å². The Hall–Kier alpha value is -7.67. The average molecular weight is 770 g/mol. The Kier molecular flexibility index (Phi) is 6.82. The summed E-state index contributed by atoms with van der Waals surface area (Å²) < 4.78 is 6.99. The minimum atomic E-state index is 0.577. The normalized spacial score (nSPS) is 12.1. The van der Waals surface area contributed by atoms with Gasteiger partial charge in [-0.3, -0.25) is 4.57 Å². The summed E-state index contributed by atoms with van der Waals surface area (Å²) >= 11 is 1.80. The highest BCUT2D eigenvalue weighted by Crippen LogP contribution is 2.45. The third-order valence-electron chi connectivity index (χ3n) is 11.9. The minimum absolute atomic E-state index is 0.577. The molecular formula is C53H31N5S. The molecule has 0 bridgehead atoms. The molecule has 0 amide bonds. The van der Waals surface area contributed by atoms with Gasteiger partial charge in [0, 0.05) is 47.3 Å². The second kappa shape index (κ2) is 12.4. The second-order valence-corrected chi connectivity index (χ2v) is 16.3. The molecule has 0 atom stereocenters. The maximum absolute atomic E-state index is 5.57. The van der Waals surface area contributed by atoms with Gasteiger partial charge in [-0.25, -0.2) is 4.98 Å². The van der Waals surface area contributed by atoms with Crippen molar-refractivity contribution in [1.82, 2.24) is 24.1 Å². The number of hydrogen-bond acceptors (Lipinski definition) is 4. The monoisotopic (exact) mass is 769 g/mol. The van der Waals surface area contributed by atoms with Gasteiger partial charge >= 0.3 is 0 Å². The van der Waals surface area contributed by atoms with Crippen LogP contribution in [0.5, 0.6) is 0 Å². The number of para-hydroxylation sites is 3. The van der Waals surface area contributed by atoms with E-state index in [1.165, 1.54) is 42.4 Å². The molecule has 274 valence electrons. The predicted octanol–water partition coefficient (Wildman–Crippen LogP) is 14.1. The van der Waals surface area contributed by atoms with Crippen molar-refractivity contribution in [2.75, 3.05) is 0 Å². The molecule has 4 heterocycles. The van der Waals surface area contributed by atoms with Gasteiger partial charge in [-0.2, -0.15) is 9.97 Å². The van der Waals surface area contributed by atoms with Crippen molar-refractivity contribution in [1.29, 1.82) is 0 Å². The number of rotatable bonds is 4. The molecule has 0 fully saturated rings. The molecular weight excluding hydrogens is 739 g/mol. The molecule has 9 aromatic carbocycles. The summed E-state index contributed by atoms with van der Waals surface area (Å²) in [7, 11) is 0. The zero-order valence-electron chi connectivity index (χ0n) is 31.5. The van der Waals surface area contributed by atoms with Crippen molar-refractivity contribution in [3.05, 3.63) is 188 Å². The maximum atomic E-state index is 5.57. The van der Waals surface area contributed by atoms with Crippen LogP contribution in [0.4, 0.5) is 0 Å². The van der Waals surface area contributed by atoms with Crippen LogP contribution in [0.3, 0.4) is 0 Å². The zero-order valence-corrected chi connectivity index (χ0v) is 32.4. The number of nitrogens with zero attached hydrogens (tertiary/aromatic N) is 5. The van der Waals surface area contributed by atoms with Gasteiger partial charge in [0.25, 0.3) is 0 Å². The van der Waals surface area contributed by atoms with Crippen molar-refractivity contribution in [3.63, 3.8) is 0 Å². The van der Waals surface area contributed by atoms with E-state index in [1.807, 2.05) is 0 Å². The van der Waals surface area contributed by atoms with Crippen LogP contribution in [0.25, 0.3) is 120 Å². The van der Waals surface area contributed by atoms with Crippen LogP contribution < -0.4 is 0 Å². The average Bonchev–Trinajstić information content (AvgIpc) is 3.95. The lowest BCUT2D eigenvalue weighted by Crippen LogP contribution is -2.08. The molecule has 13 aromatic rings. The third-order valence-corrected chi connectivity index (χ3v) is 13.1. The molecule has 0 aliphatic carbocycles. The molecule has 0 aliphatic rings. The van der Waals surface area contributed by atoms with Crippen LogP contribution in [0.1, 0.15) is 0 Å². The number of thiophene rings is 1. The smallest absolute Gasteiger partial charge is 0.238 e. The van der Waals surface area contributed by atoms with Gasteiger partial charge in [0.15, 0.2) is 11.6 Å². The molecule has 0 aliphatic heterocycles. The highest BCUT2D eigenvalue weighted by Gasteiger charge is 2.25. The number of benzene rings is 9. The van der Waals surface area contributed by atoms with Gasteiger partial charge in [0.2, 0.25) is 5.95 Å². The van der Waals surface area contributed by atoms with E-state index in [0.29, 0.717) is 17.6 Å². The Morgan fingerprint density at radius 2 is 0.915 bits per heavy atom. The topological polar surface area (TPSA) is 48.5 Å². The van der Waals surface area contributed by atoms with Gasteiger partial charge < -0.3 is 4.57 Å². The summed E-state index contributed by atoms with van der Waals surface area (Å²) in [6.07, 6.45) is 0. The largest absolute Gasteiger partial charge is 0.308 e. The summed E-state index contributed by atoms with van der Waals surface area (Å²) in [5.41, 5.74) is 7.29. The first-order chi connectivity index (χ1) is 29.2. The minimum Gasteiger partial charge on any atom is -0.308 e. The van der Waals surface area contributed by atoms with Crippen LogP contribution in [-0.4, -0.2) is 24.1 Å². The van der Waals surface area contributed by atoms with Gasteiger partial charge in [0.05, 0.1) is 33.3 Å². The van der Waals surface area contributed by atoms with Crippen LogP contribution in [0, 0.1) is 0 Å². The number of aromatic nitrogens is 5. The van der Waals surface area contributed by atoms with Crippen molar-refractivity contribution in [2.45, 2.75) is 0 Å². The molecule has 0 saturated carbocycles. The predicted molar refractivity (Wildman–Crippen MR) is 247 cm³/mol. The van der Waals surface area contributed by atoms with Crippen molar-refractivity contribution in [2.24, 2.45) is 0 Å². The van der Waals surface area contributed by atoms with E-state index in [0.717, 1.165) is 59.7 Å². The first kappa shape index (κ1) is 32.4. The zero-order chi connectivity index (χ0) is 38.6. The van der Waals surface area contributed by atoms with Gasteiger partial charge in [-0.15, -0.1) is 11.3 Å². The van der Waals surface area contributed by atoms with Crippen LogP contribution in [-0.2, 0) is 0 Å². The molecule has 0 N–H and O–H groups in total. The molecule has 4 aromatic heterocycles. The van der Waals surface area contributed by atoms with E-state index in [4.69, 9.17) is 15.0 Å². The lowest BCUT2D eigenvalue weighted by Gasteiger charge is -2.16. The van der Waals surface area contributed by atoms with E-state index in [1.54, 1.807) is 11.3 Å². The highest BCUT2D eigenvalue weighted by atomic mass is 32.1. The van der Waals surface area contributed by atoms with Crippen molar-refractivity contribution in [3.8, 4) is 34.4 Å². The fraction of sp³-hybridized carbons (Fsp3) is 0. The second-order valence-electron chi connectivity index (χ2n) is 15.2. The Bertz CT molecular complexity index is 3820. The van der Waals surface area contributed by atoms with E-state index < -0.39 is 0 Å². The summed E-state index contributed by atoms with van der Waals surface area (Å²) in [5, 5.41) is 11.8. The Morgan fingerprint density at radius 1 is 0.356 bits per heavy atom. The third kappa shape index (κ3) is 4.81. The van der Waals surface area contributed by atoms with Crippen molar-refractivity contribution < 1.29 is 0 Å². The Labute approximate surface area is 341 Å². The summed E-state index contributed by atoms with van der Waals surface area (Å²) in [4.78, 5) is 16.4. The molecule has 6 heteroatoms. The molecule has 0 unspecified atom stereocenters. The highest BCUT2D eigenvalue weighted by molar-refractivity contribution is 7.26. The van der Waals surface area contributed by atoms with E-state index >= 15 is 0 Å². The first-order valence-corrected chi connectivity index (χ1v) is 20.7. The Balaban J connectivity index is 1.19. The van der Waals surface area contributed by atoms with Crippen LogP contribution in [0.2, 0.25) is 0 Å². The SMILES string of the molecule is c1ccc2cc(-c3nc(-c4c(-n5c6ccccc6c6cc7ccccc7cc65)ccc5c4sc4ccccc45)nc(-n4c5ccccc5c5ccccc54)n3)ccc2c1. The van der Waals surface area contributed by atoms with Gasteiger partial charge in [-0.1, -0.05) is 140 Å². The van der Waals surface area contributed by atoms with Crippen LogP contribution >= 0.6 is 11.3 Å². The first-order valence-electron chi connectivity index (χ1n) is 19.9. The summed E-state index contributed by atoms with van der Waals surface area (Å²) in [5.74, 6) is 1.82. The van der Waals surface area contributed by atoms with Gasteiger partial charge in [-0.05, 0) is 70.1 Å². The lowest BCUT2D eigenvalue weighted by atomic mass is 10.0. The quantitative estimate of drug-likeness (QED) is 0.179. The standard InChI is InChI=1S/C53H31N5S/c1-2-14-33-29-36(26-25-32(33)13-1)51-54-52(56-53(55-51)58-44-22-10-5-17-37(44)38-18-6-11-23-45(38)58)49-46(28-27-41-40-20-8-12-24-48(40)59-50(41)49)57-43-21-9-7-19-39(43)42-30-34-15-3-4-16-35(34)31-47(42)57/h1-31H. The molecule has 5 nitrogen and oxygen atoms in total. The number of hydrogen-bond donors (Lipinski definition) is 0. The number of fused-ring (bicyclic) bond motifs is 11. The van der Waals surface area contributed by atoms with E-state index in [2.05, 4.69) is 197 Å². The maximum Gasteiger partial charge on any atom is 0.238 e. The van der Waals surface area contributed by atoms with Crippen LogP contribution in [0.15, 0.2) is 188 Å². The summed E-state index contributed by atoms with van der Waals surface area (Å²) in [6.45, 7) is 0. The fourth-order valence-electron chi connectivity index (χ4n) is 9.27. The lowest BCUT2D eigenvalue weighted by molar-refractivity contribution is 0.953. The van der Waals surface area contributed by atoms with Crippen molar-refractivity contribution >= 4 is 96.7 Å². The summed E-state index contributed by atoms with van der Waals surface area (Å²) in [6, 6.07) is 67.3. The molecule has 0 spiro atoms. The Morgan fingerprint density at radius 3 is 1.64 bits per heavy atom. The molecule has 0 radical (unpaired) electrons. The fourth-order valence-corrected chi connectivity index (χ4v) is 10.5.